The summed E-state index contributed by atoms with van der Waals surface area (Å²) in [6.45, 7) is 3.97. The zero-order chi connectivity index (χ0) is 22.9. The van der Waals surface area contributed by atoms with Gasteiger partial charge in [-0.3, -0.25) is 4.79 Å². The average Bonchev–Trinajstić information content (AvgIpc) is 3.19. The lowest BCUT2D eigenvalue weighted by Gasteiger charge is -2.38. The Morgan fingerprint density at radius 3 is 2.16 bits per heavy atom. The van der Waals surface area contributed by atoms with Gasteiger partial charge in [-0.05, 0) is 35.7 Å². The van der Waals surface area contributed by atoms with Crippen LogP contribution >= 0.6 is 0 Å². The van der Waals surface area contributed by atoms with Crippen LogP contribution in [0.5, 0.6) is 0 Å². The van der Waals surface area contributed by atoms with Crippen molar-refractivity contribution >= 4 is 22.9 Å². The molecular formula is C26H25N3O3. The van der Waals surface area contributed by atoms with Crippen LogP contribution in [0.1, 0.15) is 29.8 Å². The summed E-state index contributed by atoms with van der Waals surface area (Å²) in [5.41, 5.74) is 8.53. The fourth-order valence-corrected chi connectivity index (χ4v) is 4.40. The molecule has 1 aromatic heterocycles. The normalized spacial score (nSPS) is 13.1. The third-order valence-electron chi connectivity index (χ3n) is 5.90. The summed E-state index contributed by atoms with van der Waals surface area (Å²) in [6.07, 6.45) is 0. The van der Waals surface area contributed by atoms with Crippen molar-refractivity contribution < 1.29 is 14.3 Å². The minimum atomic E-state index is -1.17. The summed E-state index contributed by atoms with van der Waals surface area (Å²) in [4.78, 5) is 30.0. The Balaban J connectivity index is 2.07. The number of nitrogens with zero attached hydrogens (tertiary/aromatic N) is 2. The molecule has 4 aromatic rings. The highest BCUT2D eigenvalue weighted by Crippen LogP contribution is 2.40. The zero-order valence-corrected chi connectivity index (χ0v) is 18.3. The van der Waals surface area contributed by atoms with Gasteiger partial charge >= 0.3 is 5.97 Å². The van der Waals surface area contributed by atoms with Crippen LogP contribution in [0.3, 0.4) is 0 Å². The molecule has 0 fully saturated rings. The quantitative estimate of drug-likeness (QED) is 0.463. The molecule has 1 amide bonds. The standard InChI is InChI=1S/C26H25N3O3/c1-17(2)26(25(27)31,20-9-5-4-6-10-20)29-22-12-8-7-11-21(22)28-23(29)18-13-15-19(16-14-18)24(30)32-3/h4-17H,1-3H3,(H2,27,31). The van der Waals surface area contributed by atoms with Crippen LogP contribution in [0.15, 0.2) is 78.9 Å². The Morgan fingerprint density at radius 2 is 1.56 bits per heavy atom. The molecular weight excluding hydrogens is 402 g/mol. The van der Waals surface area contributed by atoms with Gasteiger partial charge in [0.1, 0.15) is 5.82 Å². The molecule has 0 spiro atoms. The maximum atomic E-state index is 13.3. The molecule has 1 unspecified atom stereocenters. The number of benzene rings is 3. The molecule has 1 heterocycles. The van der Waals surface area contributed by atoms with Crippen LogP contribution in [-0.4, -0.2) is 28.5 Å². The number of aromatic nitrogens is 2. The van der Waals surface area contributed by atoms with Crippen LogP contribution in [0.4, 0.5) is 0 Å². The van der Waals surface area contributed by atoms with E-state index in [4.69, 9.17) is 15.5 Å². The number of hydrogen-bond donors (Lipinski definition) is 1. The Labute approximate surface area is 186 Å². The van der Waals surface area contributed by atoms with Gasteiger partial charge in [0.05, 0.1) is 23.7 Å². The number of nitrogens with two attached hydrogens (primary N) is 1. The second-order valence-corrected chi connectivity index (χ2v) is 7.98. The number of amides is 1. The van der Waals surface area contributed by atoms with Crippen LogP contribution in [0, 0.1) is 5.92 Å². The molecule has 3 aromatic carbocycles. The molecule has 0 saturated carbocycles. The number of primary amides is 1. The highest BCUT2D eigenvalue weighted by molar-refractivity contribution is 5.93. The van der Waals surface area contributed by atoms with Gasteiger partial charge in [-0.1, -0.05) is 68.4 Å². The van der Waals surface area contributed by atoms with Crippen molar-refractivity contribution in [3.63, 3.8) is 0 Å². The molecule has 6 heteroatoms. The van der Waals surface area contributed by atoms with Gasteiger partial charge in [0.2, 0.25) is 5.91 Å². The largest absolute Gasteiger partial charge is 0.465 e. The predicted octanol–water partition coefficient (Wildman–Crippen LogP) is 4.37. The summed E-state index contributed by atoms with van der Waals surface area (Å²) in [5.74, 6) is -0.454. The summed E-state index contributed by atoms with van der Waals surface area (Å²) in [7, 11) is 1.35. The van der Waals surface area contributed by atoms with Gasteiger partial charge in [-0.2, -0.15) is 0 Å². The zero-order valence-electron chi connectivity index (χ0n) is 18.3. The van der Waals surface area contributed by atoms with E-state index in [1.807, 2.05) is 73.0 Å². The van der Waals surface area contributed by atoms with E-state index in [-0.39, 0.29) is 5.92 Å². The molecule has 0 aliphatic carbocycles. The van der Waals surface area contributed by atoms with Crippen LogP contribution in [-0.2, 0) is 15.1 Å². The summed E-state index contributed by atoms with van der Waals surface area (Å²) in [6, 6.07) is 24.2. The first-order chi connectivity index (χ1) is 15.4. The van der Waals surface area contributed by atoms with Crippen LogP contribution in [0.25, 0.3) is 22.4 Å². The van der Waals surface area contributed by atoms with Gasteiger partial charge in [0.15, 0.2) is 5.54 Å². The van der Waals surface area contributed by atoms with E-state index in [1.165, 1.54) is 7.11 Å². The monoisotopic (exact) mass is 427 g/mol. The first-order valence-corrected chi connectivity index (χ1v) is 10.4. The lowest BCUT2D eigenvalue weighted by molar-refractivity contribution is -0.126. The van der Waals surface area contributed by atoms with Gasteiger partial charge < -0.3 is 15.0 Å². The molecule has 0 radical (unpaired) electrons. The highest BCUT2D eigenvalue weighted by atomic mass is 16.5. The highest BCUT2D eigenvalue weighted by Gasteiger charge is 2.46. The Hall–Kier alpha value is -3.93. The van der Waals surface area contributed by atoms with Gasteiger partial charge in [0.25, 0.3) is 0 Å². The lowest BCUT2D eigenvalue weighted by Crippen LogP contribution is -2.51. The number of ether oxygens (including phenoxy) is 1. The van der Waals surface area contributed by atoms with E-state index in [2.05, 4.69) is 0 Å². The SMILES string of the molecule is COC(=O)c1ccc(-c2nc3ccccc3n2C(C(N)=O)(c2ccccc2)C(C)C)cc1. The second kappa shape index (κ2) is 8.30. The maximum Gasteiger partial charge on any atom is 0.337 e. The second-order valence-electron chi connectivity index (χ2n) is 7.98. The number of fused-ring (bicyclic) bond motifs is 1. The van der Waals surface area contributed by atoms with Gasteiger partial charge in [-0.25, -0.2) is 9.78 Å². The first kappa shape index (κ1) is 21.3. The maximum absolute atomic E-state index is 13.3. The van der Waals surface area contributed by atoms with E-state index in [0.29, 0.717) is 11.4 Å². The van der Waals surface area contributed by atoms with Crippen molar-refractivity contribution in [2.24, 2.45) is 11.7 Å². The number of carbonyl (C=O) groups is 2. The number of imidazole rings is 1. The first-order valence-electron chi connectivity index (χ1n) is 10.4. The molecule has 2 N–H and O–H groups in total. The molecule has 0 bridgehead atoms. The Morgan fingerprint density at radius 1 is 0.938 bits per heavy atom. The fourth-order valence-electron chi connectivity index (χ4n) is 4.40. The topological polar surface area (TPSA) is 87.2 Å². The number of para-hydroxylation sites is 2. The number of carbonyl (C=O) groups excluding carboxylic acids is 2. The third kappa shape index (κ3) is 3.24. The summed E-state index contributed by atoms with van der Waals surface area (Å²) >= 11 is 0. The average molecular weight is 428 g/mol. The number of rotatable bonds is 6. The third-order valence-corrected chi connectivity index (χ3v) is 5.90. The van der Waals surface area contributed by atoms with Crippen molar-refractivity contribution in [1.82, 2.24) is 9.55 Å². The van der Waals surface area contributed by atoms with E-state index < -0.39 is 17.4 Å². The van der Waals surface area contributed by atoms with Crippen molar-refractivity contribution in [3.05, 3.63) is 90.0 Å². The van der Waals surface area contributed by atoms with E-state index in [1.54, 1.807) is 24.3 Å². The predicted molar refractivity (Wildman–Crippen MR) is 124 cm³/mol. The van der Waals surface area contributed by atoms with Crippen molar-refractivity contribution in [1.29, 1.82) is 0 Å². The molecule has 4 rings (SSSR count). The van der Waals surface area contributed by atoms with E-state index in [9.17, 15) is 9.59 Å². The number of hydrogen-bond acceptors (Lipinski definition) is 4. The minimum Gasteiger partial charge on any atom is -0.465 e. The molecule has 162 valence electrons. The summed E-state index contributed by atoms with van der Waals surface area (Å²) in [5, 5.41) is 0. The van der Waals surface area contributed by atoms with Crippen molar-refractivity contribution in [2.75, 3.05) is 7.11 Å². The molecule has 0 saturated heterocycles. The van der Waals surface area contributed by atoms with Crippen molar-refractivity contribution in [2.45, 2.75) is 19.4 Å². The summed E-state index contributed by atoms with van der Waals surface area (Å²) < 4.78 is 6.75. The fraction of sp³-hybridized carbons (Fsp3) is 0.192. The molecule has 0 aliphatic rings. The minimum absolute atomic E-state index is 0.173. The van der Waals surface area contributed by atoms with Crippen LogP contribution < -0.4 is 5.73 Å². The molecule has 6 nitrogen and oxygen atoms in total. The lowest BCUT2D eigenvalue weighted by atomic mass is 9.78. The van der Waals surface area contributed by atoms with Crippen LogP contribution in [0.2, 0.25) is 0 Å². The Kier molecular flexibility index (Phi) is 5.53. The molecule has 1 atom stereocenters. The van der Waals surface area contributed by atoms with Gasteiger partial charge in [-0.15, -0.1) is 0 Å². The number of esters is 1. The van der Waals surface area contributed by atoms with Gasteiger partial charge in [0, 0.05) is 5.56 Å². The molecule has 32 heavy (non-hydrogen) atoms. The molecule has 0 aliphatic heterocycles. The van der Waals surface area contributed by atoms with E-state index in [0.717, 1.165) is 22.2 Å². The van der Waals surface area contributed by atoms with Crippen molar-refractivity contribution in [3.8, 4) is 11.4 Å². The number of methoxy groups -OCH3 is 1. The Bertz CT molecular complexity index is 1280. The smallest absolute Gasteiger partial charge is 0.337 e. The van der Waals surface area contributed by atoms with E-state index >= 15 is 0 Å².